The molecule has 0 radical (unpaired) electrons. The van der Waals surface area contributed by atoms with Gasteiger partial charge in [0.25, 0.3) is 0 Å². The number of ether oxygens (including phenoxy) is 5. The summed E-state index contributed by atoms with van der Waals surface area (Å²) in [5, 5.41) is 0. The molecule has 168 valence electrons. The maximum Gasteiger partial charge on any atom is 0.334 e. The number of rotatable bonds is 7. The zero-order valence-electron chi connectivity index (χ0n) is 18.6. The first-order chi connectivity index (χ1) is 15.0. The highest BCUT2D eigenvalue weighted by Gasteiger charge is 2.64. The number of nitrogens with zero attached hydrogens (tertiary/aromatic N) is 1. The van der Waals surface area contributed by atoms with Crippen LogP contribution in [-0.2, 0) is 30.8 Å². The van der Waals surface area contributed by atoms with Crippen LogP contribution in [0.1, 0.15) is 30.9 Å². The molecule has 1 aromatic rings. The standard InChI is InChI=1S/C24H31NO6/c1-5-17(23(26)28-4)30-19-9-7-15-16-12-14-6-8-18(29-13-27-3)21-20(14)24(15,22(19)31-21)10-11-25(16)2/h6-9,15-17,19,22H,5,10-13H2,1-4H3/t15-,16+,17?,19-,22-,24-/m0/s1. The van der Waals surface area contributed by atoms with Crippen LogP contribution in [0, 0.1) is 5.92 Å². The van der Waals surface area contributed by atoms with E-state index in [-0.39, 0.29) is 30.4 Å². The first kappa shape index (κ1) is 20.8. The molecule has 1 unspecified atom stereocenters. The molecular weight excluding hydrogens is 398 g/mol. The Hall–Kier alpha value is -2.09. The number of hydrogen-bond acceptors (Lipinski definition) is 7. The van der Waals surface area contributed by atoms with Gasteiger partial charge in [-0.1, -0.05) is 25.1 Å². The van der Waals surface area contributed by atoms with Crippen molar-refractivity contribution in [2.24, 2.45) is 5.92 Å². The molecule has 1 saturated heterocycles. The number of esters is 1. The van der Waals surface area contributed by atoms with Crippen molar-refractivity contribution in [3.05, 3.63) is 35.4 Å². The Labute approximate surface area is 183 Å². The first-order valence-electron chi connectivity index (χ1n) is 11.1. The van der Waals surface area contributed by atoms with Crippen LogP contribution in [0.5, 0.6) is 11.5 Å². The Morgan fingerprint density at radius 2 is 2.16 bits per heavy atom. The molecule has 4 aliphatic rings. The van der Waals surface area contributed by atoms with E-state index in [0.29, 0.717) is 24.1 Å². The second-order valence-corrected chi connectivity index (χ2v) is 8.99. The van der Waals surface area contributed by atoms with Crippen molar-refractivity contribution in [1.29, 1.82) is 0 Å². The van der Waals surface area contributed by atoms with Gasteiger partial charge in [-0.25, -0.2) is 4.79 Å². The molecule has 7 nitrogen and oxygen atoms in total. The third kappa shape index (κ3) is 2.93. The smallest absolute Gasteiger partial charge is 0.334 e. The van der Waals surface area contributed by atoms with Gasteiger partial charge < -0.3 is 28.6 Å². The number of benzene rings is 1. The van der Waals surface area contributed by atoms with Gasteiger partial charge in [0.15, 0.2) is 24.4 Å². The summed E-state index contributed by atoms with van der Waals surface area (Å²) < 4.78 is 29.0. The second-order valence-electron chi connectivity index (χ2n) is 8.99. The van der Waals surface area contributed by atoms with Crippen LogP contribution in [0.4, 0.5) is 0 Å². The van der Waals surface area contributed by atoms with E-state index >= 15 is 0 Å². The molecule has 31 heavy (non-hydrogen) atoms. The van der Waals surface area contributed by atoms with E-state index in [9.17, 15) is 4.79 Å². The van der Waals surface area contributed by atoms with Crippen LogP contribution in [0.2, 0.25) is 0 Å². The molecule has 1 fully saturated rings. The summed E-state index contributed by atoms with van der Waals surface area (Å²) >= 11 is 0. The van der Waals surface area contributed by atoms with Crippen LogP contribution in [0.15, 0.2) is 24.3 Å². The number of carbonyl (C=O) groups excluding carboxylic acids is 1. The SMILES string of the molecule is CCC(O[C@H]1C=C[C@H]2[C@H]3Cc4ccc(OCOC)c5c4[C@@]2(CCN3C)[C@H]1O5)C(=O)OC. The zero-order valence-corrected chi connectivity index (χ0v) is 18.6. The van der Waals surface area contributed by atoms with Crippen LogP contribution in [-0.4, -0.2) is 69.8 Å². The minimum Gasteiger partial charge on any atom is -0.482 e. The summed E-state index contributed by atoms with van der Waals surface area (Å²) in [6.07, 6.45) is 5.74. The fraction of sp³-hybridized carbons (Fsp3) is 0.625. The fourth-order valence-electron chi connectivity index (χ4n) is 6.20. The number of piperidine rings is 1. The monoisotopic (exact) mass is 429 g/mol. The van der Waals surface area contributed by atoms with Crippen LogP contribution < -0.4 is 9.47 Å². The van der Waals surface area contributed by atoms with Gasteiger partial charge in [0, 0.05) is 30.0 Å². The van der Waals surface area contributed by atoms with Crippen molar-refractivity contribution in [2.45, 2.75) is 56.0 Å². The molecule has 1 aromatic carbocycles. The van der Waals surface area contributed by atoms with E-state index < -0.39 is 6.10 Å². The van der Waals surface area contributed by atoms with Gasteiger partial charge in [0.05, 0.1) is 7.11 Å². The molecule has 5 rings (SSSR count). The predicted molar refractivity (Wildman–Crippen MR) is 113 cm³/mol. The largest absolute Gasteiger partial charge is 0.482 e. The Kier molecular flexibility index (Phi) is 5.23. The second kappa shape index (κ2) is 7.80. The number of methoxy groups -OCH3 is 2. The molecule has 0 N–H and O–H groups in total. The lowest BCUT2D eigenvalue weighted by Crippen LogP contribution is -2.65. The number of likely N-dealkylation sites (N-methyl/N-ethyl adjacent to an activating group) is 1. The minimum absolute atomic E-state index is 0.167. The van der Waals surface area contributed by atoms with Crippen molar-refractivity contribution >= 4 is 5.97 Å². The van der Waals surface area contributed by atoms with Gasteiger partial charge >= 0.3 is 5.97 Å². The van der Waals surface area contributed by atoms with Crippen molar-refractivity contribution in [2.75, 3.05) is 34.6 Å². The molecule has 7 heteroatoms. The maximum absolute atomic E-state index is 12.2. The highest BCUT2D eigenvalue weighted by molar-refractivity contribution is 5.74. The van der Waals surface area contributed by atoms with Crippen molar-refractivity contribution < 1.29 is 28.5 Å². The van der Waals surface area contributed by atoms with E-state index in [2.05, 4.69) is 30.2 Å². The molecular formula is C24H31NO6. The summed E-state index contributed by atoms with van der Waals surface area (Å²) in [6, 6.07) is 4.59. The van der Waals surface area contributed by atoms with Gasteiger partial charge in [0.2, 0.25) is 0 Å². The van der Waals surface area contributed by atoms with E-state index in [1.807, 2.05) is 13.0 Å². The van der Waals surface area contributed by atoms with E-state index in [1.165, 1.54) is 18.2 Å². The van der Waals surface area contributed by atoms with E-state index in [4.69, 9.17) is 23.7 Å². The molecule has 1 spiro atoms. The topological polar surface area (TPSA) is 66.5 Å². The molecule has 0 saturated carbocycles. The molecule has 0 aromatic heterocycles. The number of carbonyl (C=O) groups is 1. The minimum atomic E-state index is -0.616. The maximum atomic E-state index is 12.2. The summed E-state index contributed by atoms with van der Waals surface area (Å²) in [7, 11) is 5.22. The number of likely N-dealkylation sites (tertiary alicyclic amines) is 1. The average Bonchev–Trinajstić information content (AvgIpc) is 3.14. The number of hydrogen-bond donors (Lipinski definition) is 0. The Morgan fingerprint density at radius 1 is 1.32 bits per heavy atom. The predicted octanol–water partition coefficient (Wildman–Crippen LogP) is 2.45. The quantitative estimate of drug-likeness (QED) is 0.375. The fourth-order valence-corrected chi connectivity index (χ4v) is 6.20. The third-order valence-electron chi connectivity index (χ3n) is 7.60. The molecule has 6 atom stereocenters. The van der Waals surface area contributed by atoms with E-state index in [0.717, 1.165) is 25.1 Å². The lowest BCUT2D eigenvalue weighted by Gasteiger charge is -2.57. The lowest BCUT2D eigenvalue weighted by molar-refractivity contribution is -0.163. The van der Waals surface area contributed by atoms with Gasteiger partial charge in [-0.2, -0.15) is 0 Å². The molecule has 2 bridgehead atoms. The van der Waals surface area contributed by atoms with Crippen LogP contribution >= 0.6 is 0 Å². The summed E-state index contributed by atoms with van der Waals surface area (Å²) in [6.45, 7) is 3.10. The lowest BCUT2D eigenvalue weighted by atomic mass is 9.53. The third-order valence-corrected chi connectivity index (χ3v) is 7.60. The highest BCUT2D eigenvalue weighted by atomic mass is 16.7. The molecule has 2 heterocycles. The first-order valence-corrected chi connectivity index (χ1v) is 11.1. The van der Waals surface area contributed by atoms with Gasteiger partial charge in [-0.05, 0) is 44.5 Å². The highest BCUT2D eigenvalue weighted by Crippen LogP contribution is 2.62. The van der Waals surface area contributed by atoms with Crippen molar-refractivity contribution in [3.8, 4) is 11.5 Å². The van der Waals surface area contributed by atoms with E-state index in [1.54, 1.807) is 7.11 Å². The Balaban J connectivity index is 1.59. The van der Waals surface area contributed by atoms with Crippen molar-refractivity contribution in [1.82, 2.24) is 4.90 Å². The Bertz CT molecular complexity index is 900. The van der Waals surface area contributed by atoms with Crippen molar-refractivity contribution in [3.63, 3.8) is 0 Å². The van der Waals surface area contributed by atoms with Crippen LogP contribution in [0.3, 0.4) is 0 Å². The van der Waals surface area contributed by atoms with Gasteiger partial charge in [-0.15, -0.1) is 0 Å². The Morgan fingerprint density at radius 3 is 2.90 bits per heavy atom. The molecule has 0 amide bonds. The zero-order chi connectivity index (χ0) is 21.8. The average molecular weight is 430 g/mol. The van der Waals surface area contributed by atoms with Gasteiger partial charge in [-0.3, -0.25) is 0 Å². The van der Waals surface area contributed by atoms with Gasteiger partial charge in [0.1, 0.15) is 12.2 Å². The normalized spacial score (nSPS) is 33.4. The summed E-state index contributed by atoms with van der Waals surface area (Å²) in [5.74, 6) is 1.51. The molecule has 2 aliphatic heterocycles. The summed E-state index contributed by atoms with van der Waals surface area (Å²) in [5.41, 5.74) is 2.41. The summed E-state index contributed by atoms with van der Waals surface area (Å²) in [4.78, 5) is 14.7. The van der Waals surface area contributed by atoms with Crippen LogP contribution in [0.25, 0.3) is 0 Å². The molecule has 2 aliphatic carbocycles.